The Balaban J connectivity index is 1.37. The summed E-state index contributed by atoms with van der Waals surface area (Å²) in [7, 11) is 0. The van der Waals surface area contributed by atoms with E-state index in [-0.39, 0.29) is 0 Å². The number of aliphatic imine (C=N–C) groups is 1. The van der Waals surface area contributed by atoms with Crippen molar-refractivity contribution in [2.45, 2.75) is 52.6 Å². The molecule has 3 aromatic rings. The van der Waals surface area contributed by atoms with Gasteiger partial charge in [0.05, 0.1) is 22.8 Å². The van der Waals surface area contributed by atoms with Gasteiger partial charge in [0.25, 0.3) is 0 Å². The highest BCUT2D eigenvalue weighted by molar-refractivity contribution is 5.97. The van der Waals surface area contributed by atoms with E-state index in [1.54, 1.807) is 0 Å². The molecule has 28 heavy (non-hydrogen) atoms. The molecule has 5 heterocycles. The van der Waals surface area contributed by atoms with Crippen LogP contribution in [0.4, 0.5) is 0 Å². The van der Waals surface area contributed by atoms with Gasteiger partial charge in [-0.25, -0.2) is 15.0 Å². The molecule has 0 unspecified atom stereocenters. The zero-order chi connectivity index (χ0) is 19.1. The van der Waals surface area contributed by atoms with E-state index in [4.69, 9.17) is 9.97 Å². The van der Waals surface area contributed by atoms with Crippen LogP contribution in [-0.4, -0.2) is 43.1 Å². The first-order valence-corrected chi connectivity index (χ1v) is 10.2. The molecule has 0 atom stereocenters. The number of pyridine rings is 1. The van der Waals surface area contributed by atoms with Gasteiger partial charge in [-0.15, -0.1) is 0 Å². The van der Waals surface area contributed by atoms with E-state index in [2.05, 4.69) is 51.5 Å². The highest BCUT2D eigenvalue weighted by Crippen LogP contribution is 2.22. The van der Waals surface area contributed by atoms with E-state index < -0.39 is 0 Å². The zero-order valence-electron chi connectivity index (χ0n) is 16.6. The Hall–Kier alpha value is -2.60. The van der Waals surface area contributed by atoms with Crippen LogP contribution < -0.4 is 0 Å². The van der Waals surface area contributed by atoms with Gasteiger partial charge in [0.1, 0.15) is 5.65 Å². The first-order chi connectivity index (χ1) is 13.7. The largest absolute Gasteiger partial charge is 0.302 e. The third kappa shape index (κ3) is 3.11. The predicted octanol–water partition coefficient (Wildman–Crippen LogP) is 3.27. The molecule has 144 valence electrons. The molecule has 0 saturated carbocycles. The van der Waals surface area contributed by atoms with E-state index >= 15 is 0 Å². The van der Waals surface area contributed by atoms with E-state index in [1.807, 2.05) is 6.20 Å². The molecule has 2 aliphatic rings. The Morgan fingerprint density at radius 2 is 2.04 bits per heavy atom. The molecule has 0 N–H and O–H groups in total. The second-order valence-electron chi connectivity index (χ2n) is 7.94. The Morgan fingerprint density at radius 1 is 1.11 bits per heavy atom. The Labute approximate surface area is 165 Å². The summed E-state index contributed by atoms with van der Waals surface area (Å²) in [5.41, 5.74) is 8.20. The summed E-state index contributed by atoms with van der Waals surface area (Å²) in [5.74, 6) is 0.847. The number of imidazole rings is 1. The lowest BCUT2D eigenvalue weighted by Crippen LogP contribution is -2.32. The number of hydrogen-bond donors (Lipinski definition) is 0. The Bertz CT molecular complexity index is 1060. The van der Waals surface area contributed by atoms with Crippen molar-refractivity contribution < 1.29 is 0 Å². The van der Waals surface area contributed by atoms with Crippen LogP contribution in [0.5, 0.6) is 0 Å². The van der Waals surface area contributed by atoms with Crippen LogP contribution in [0.25, 0.3) is 5.65 Å². The van der Waals surface area contributed by atoms with E-state index in [0.717, 1.165) is 61.9 Å². The summed E-state index contributed by atoms with van der Waals surface area (Å²) in [4.78, 5) is 21.4. The second-order valence-corrected chi connectivity index (χ2v) is 7.94. The summed E-state index contributed by atoms with van der Waals surface area (Å²) < 4.78 is 2.24. The van der Waals surface area contributed by atoms with Crippen molar-refractivity contribution in [3.05, 3.63) is 58.6 Å². The molecular weight excluding hydrogens is 348 g/mol. The fourth-order valence-corrected chi connectivity index (χ4v) is 4.30. The lowest BCUT2D eigenvalue weighted by atomic mass is 10.1. The molecule has 6 nitrogen and oxygen atoms in total. The molecular formula is C22H26N6. The lowest BCUT2D eigenvalue weighted by Gasteiger charge is -2.28. The first kappa shape index (κ1) is 17.5. The monoisotopic (exact) mass is 374 g/mol. The number of hydrogen-bond acceptors (Lipinski definition) is 5. The molecule has 0 amide bonds. The smallest absolute Gasteiger partial charge is 0.173 e. The van der Waals surface area contributed by atoms with Crippen molar-refractivity contribution in [2.24, 2.45) is 4.99 Å². The maximum Gasteiger partial charge on any atom is 0.173 e. The third-order valence-corrected chi connectivity index (χ3v) is 5.91. The van der Waals surface area contributed by atoms with Crippen LogP contribution in [0.3, 0.4) is 0 Å². The van der Waals surface area contributed by atoms with Gasteiger partial charge in [-0.3, -0.25) is 9.89 Å². The van der Waals surface area contributed by atoms with Gasteiger partial charge in [-0.05, 0) is 44.7 Å². The number of nitrogens with zero attached hydrogens (tertiary/aromatic N) is 6. The topological polar surface area (TPSA) is 58.7 Å². The minimum absolute atomic E-state index is 0.847. The van der Waals surface area contributed by atoms with Gasteiger partial charge in [-0.1, -0.05) is 6.07 Å². The van der Waals surface area contributed by atoms with Crippen molar-refractivity contribution in [1.82, 2.24) is 24.3 Å². The number of aromatic nitrogens is 4. The molecule has 0 spiro atoms. The van der Waals surface area contributed by atoms with E-state index in [9.17, 15) is 0 Å². The van der Waals surface area contributed by atoms with Gasteiger partial charge in [0, 0.05) is 50.6 Å². The van der Waals surface area contributed by atoms with Crippen molar-refractivity contribution >= 4 is 11.4 Å². The van der Waals surface area contributed by atoms with Crippen molar-refractivity contribution in [3.63, 3.8) is 0 Å². The maximum absolute atomic E-state index is 4.86. The average Bonchev–Trinajstić information content (AvgIpc) is 3.05. The van der Waals surface area contributed by atoms with Gasteiger partial charge in [0.15, 0.2) is 5.82 Å². The second kappa shape index (κ2) is 7.09. The summed E-state index contributed by atoms with van der Waals surface area (Å²) >= 11 is 0. The number of fused-ring (bicyclic) bond motifs is 2. The Kier molecular flexibility index (Phi) is 4.43. The standard InChI is InChI=1S/C22H26N6/c1-15-6-5-10-28-20(16(2)25-22(15)28)14-27-11-8-18-17(13-27)12-24-21(26-18)19-7-3-4-9-23-19/h5-6,10,12H,3-4,7-9,11,13-14H2,1-2H3. The Morgan fingerprint density at radius 3 is 2.89 bits per heavy atom. The molecule has 5 rings (SSSR count). The van der Waals surface area contributed by atoms with Gasteiger partial charge in [-0.2, -0.15) is 0 Å². The molecule has 2 aliphatic heterocycles. The quantitative estimate of drug-likeness (QED) is 0.706. The molecule has 0 aromatic carbocycles. The minimum atomic E-state index is 0.847. The van der Waals surface area contributed by atoms with Crippen LogP contribution in [0, 0.1) is 13.8 Å². The van der Waals surface area contributed by atoms with Crippen LogP contribution >= 0.6 is 0 Å². The van der Waals surface area contributed by atoms with Crippen LogP contribution in [-0.2, 0) is 19.5 Å². The summed E-state index contributed by atoms with van der Waals surface area (Å²) in [6.07, 6.45) is 8.50. The van der Waals surface area contributed by atoms with Gasteiger partial charge in [0.2, 0.25) is 0 Å². The lowest BCUT2D eigenvalue weighted by molar-refractivity contribution is 0.239. The minimum Gasteiger partial charge on any atom is -0.302 e. The fourth-order valence-electron chi connectivity index (χ4n) is 4.30. The fraction of sp³-hybridized carbons (Fsp3) is 0.455. The summed E-state index contributed by atoms with van der Waals surface area (Å²) in [5, 5.41) is 0. The molecule has 0 aliphatic carbocycles. The number of rotatable bonds is 3. The molecule has 0 radical (unpaired) electrons. The number of aryl methyl sites for hydroxylation is 2. The van der Waals surface area contributed by atoms with Crippen LogP contribution in [0.2, 0.25) is 0 Å². The maximum atomic E-state index is 4.86. The molecule has 0 fully saturated rings. The summed E-state index contributed by atoms with van der Waals surface area (Å²) in [6.45, 7) is 7.94. The molecule has 3 aromatic heterocycles. The first-order valence-electron chi connectivity index (χ1n) is 10.2. The van der Waals surface area contributed by atoms with Crippen LogP contribution in [0.15, 0.2) is 29.5 Å². The average molecular weight is 374 g/mol. The van der Waals surface area contributed by atoms with Crippen molar-refractivity contribution in [1.29, 1.82) is 0 Å². The van der Waals surface area contributed by atoms with E-state index in [1.165, 1.54) is 35.4 Å². The van der Waals surface area contributed by atoms with Crippen molar-refractivity contribution in [2.75, 3.05) is 13.1 Å². The highest BCUT2D eigenvalue weighted by atomic mass is 15.2. The van der Waals surface area contributed by atoms with Crippen LogP contribution in [0.1, 0.15) is 53.3 Å². The predicted molar refractivity (Wildman–Crippen MR) is 110 cm³/mol. The zero-order valence-corrected chi connectivity index (χ0v) is 16.6. The van der Waals surface area contributed by atoms with E-state index in [0.29, 0.717) is 0 Å². The SMILES string of the molecule is Cc1nc2c(C)cccn2c1CN1CCc2nc(C3=NCCCC3)ncc2C1. The third-order valence-electron chi connectivity index (χ3n) is 5.91. The molecule has 0 saturated heterocycles. The normalized spacial score (nSPS) is 17.6. The highest BCUT2D eigenvalue weighted by Gasteiger charge is 2.22. The molecule has 0 bridgehead atoms. The summed E-state index contributed by atoms with van der Waals surface area (Å²) in [6, 6.07) is 4.22. The van der Waals surface area contributed by atoms with Gasteiger partial charge >= 0.3 is 0 Å². The van der Waals surface area contributed by atoms with Crippen molar-refractivity contribution in [3.8, 4) is 0 Å². The molecule has 6 heteroatoms. The van der Waals surface area contributed by atoms with Gasteiger partial charge < -0.3 is 4.40 Å².